The number of guanidine groups is 1. The molecule has 0 aliphatic heterocycles. The molecular formula is C15H23N5O2. The number of hydrogen-bond donors (Lipinski definition) is 4. The summed E-state index contributed by atoms with van der Waals surface area (Å²) in [5.41, 5.74) is 17.3. The lowest BCUT2D eigenvalue weighted by Crippen LogP contribution is -2.47. The van der Waals surface area contributed by atoms with Gasteiger partial charge in [-0.15, -0.1) is 0 Å². The highest BCUT2D eigenvalue weighted by molar-refractivity contribution is 5.84. The summed E-state index contributed by atoms with van der Waals surface area (Å²) in [7, 11) is 0. The van der Waals surface area contributed by atoms with E-state index in [9.17, 15) is 9.59 Å². The average Bonchev–Trinajstić information content (AvgIpc) is 2.50. The number of nitrogens with one attached hydrogen (secondary N) is 1. The van der Waals surface area contributed by atoms with Gasteiger partial charge in [-0.25, -0.2) is 0 Å². The van der Waals surface area contributed by atoms with Crippen LogP contribution in [0, 0.1) is 0 Å². The normalized spacial score (nSPS) is 13.0. The minimum atomic E-state index is -0.692. The number of hydrogen-bond acceptors (Lipinski definition) is 4. The van der Waals surface area contributed by atoms with Gasteiger partial charge in [0.15, 0.2) is 5.96 Å². The summed E-state index contributed by atoms with van der Waals surface area (Å²) in [4.78, 5) is 26.8. The van der Waals surface area contributed by atoms with Gasteiger partial charge < -0.3 is 27.3 Å². The second-order valence-electron chi connectivity index (χ2n) is 5.00. The Morgan fingerprint density at radius 3 is 2.55 bits per heavy atom. The summed E-state index contributed by atoms with van der Waals surface area (Å²) < 4.78 is 0. The van der Waals surface area contributed by atoms with Crippen LogP contribution in [0.15, 0.2) is 35.3 Å². The van der Waals surface area contributed by atoms with Crippen molar-refractivity contribution in [2.45, 2.75) is 31.3 Å². The Morgan fingerprint density at radius 2 is 1.95 bits per heavy atom. The molecule has 2 atom stereocenters. The Morgan fingerprint density at radius 1 is 1.27 bits per heavy atom. The van der Waals surface area contributed by atoms with Crippen molar-refractivity contribution in [2.75, 3.05) is 6.54 Å². The molecule has 7 nitrogen and oxygen atoms in total. The minimum Gasteiger partial charge on any atom is -0.370 e. The highest BCUT2D eigenvalue weighted by atomic mass is 16.2. The van der Waals surface area contributed by atoms with Crippen LogP contribution in [0.5, 0.6) is 0 Å². The number of nitrogens with two attached hydrogens (primary N) is 3. The van der Waals surface area contributed by atoms with E-state index >= 15 is 0 Å². The molecule has 1 rings (SSSR count). The SMILES string of the molecule is NC(N)=NCCCC(C=O)NC(=O)C(N)Cc1ccccc1. The van der Waals surface area contributed by atoms with Gasteiger partial charge in [0.2, 0.25) is 5.91 Å². The van der Waals surface area contributed by atoms with Gasteiger partial charge in [0, 0.05) is 6.54 Å². The molecule has 7 heteroatoms. The number of carbonyl (C=O) groups is 2. The first kappa shape index (κ1) is 17.6. The van der Waals surface area contributed by atoms with Crippen LogP contribution in [0.4, 0.5) is 0 Å². The summed E-state index contributed by atoms with van der Waals surface area (Å²) in [6.45, 7) is 0.415. The Kier molecular flexibility index (Phi) is 7.63. The number of carbonyl (C=O) groups excluding carboxylic acids is 2. The van der Waals surface area contributed by atoms with Crippen molar-refractivity contribution in [1.29, 1.82) is 0 Å². The monoisotopic (exact) mass is 305 g/mol. The van der Waals surface area contributed by atoms with Gasteiger partial charge in [-0.3, -0.25) is 9.79 Å². The molecule has 0 bridgehead atoms. The van der Waals surface area contributed by atoms with E-state index in [2.05, 4.69) is 10.3 Å². The van der Waals surface area contributed by atoms with Crippen LogP contribution in [-0.4, -0.2) is 36.8 Å². The van der Waals surface area contributed by atoms with Gasteiger partial charge in [-0.1, -0.05) is 30.3 Å². The van der Waals surface area contributed by atoms with Gasteiger partial charge in [-0.2, -0.15) is 0 Å². The molecule has 7 N–H and O–H groups in total. The molecule has 120 valence electrons. The molecule has 0 saturated heterocycles. The van der Waals surface area contributed by atoms with Crippen molar-refractivity contribution in [3.05, 3.63) is 35.9 Å². The van der Waals surface area contributed by atoms with Crippen molar-refractivity contribution < 1.29 is 9.59 Å². The van der Waals surface area contributed by atoms with Gasteiger partial charge in [0.05, 0.1) is 12.1 Å². The Balaban J connectivity index is 2.40. The van der Waals surface area contributed by atoms with E-state index in [-0.39, 0.29) is 11.9 Å². The van der Waals surface area contributed by atoms with Crippen molar-refractivity contribution in [2.24, 2.45) is 22.2 Å². The van der Waals surface area contributed by atoms with Gasteiger partial charge in [-0.05, 0) is 24.8 Å². The standard InChI is InChI=1S/C15H23N5O2/c16-13(9-11-5-2-1-3-6-11)14(22)20-12(10-21)7-4-8-19-15(17)18/h1-3,5-6,10,12-13H,4,7-9,16H2,(H,20,22)(H4,17,18,19). The van der Waals surface area contributed by atoms with Gasteiger partial charge in [0.1, 0.15) is 6.29 Å². The lowest BCUT2D eigenvalue weighted by Gasteiger charge is -2.16. The maximum absolute atomic E-state index is 12.0. The predicted octanol–water partition coefficient (Wildman–Crippen LogP) is -0.706. The molecule has 0 saturated carbocycles. The first-order valence-corrected chi connectivity index (χ1v) is 7.13. The predicted molar refractivity (Wildman–Crippen MR) is 86.0 cm³/mol. The van der Waals surface area contributed by atoms with E-state index < -0.39 is 12.1 Å². The molecule has 2 unspecified atom stereocenters. The van der Waals surface area contributed by atoms with Gasteiger partial charge >= 0.3 is 0 Å². The Hall–Kier alpha value is -2.41. The molecule has 0 spiro atoms. The van der Waals surface area contributed by atoms with Crippen LogP contribution in [0.25, 0.3) is 0 Å². The number of rotatable bonds is 9. The first-order chi connectivity index (χ1) is 10.5. The molecule has 1 amide bonds. The van der Waals surface area contributed by atoms with Crippen molar-refractivity contribution in [3.8, 4) is 0 Å². The zero-order valence-electron chi connectivity index (χ0n) is 12.4. The third-order valence-corrected chi connectivity index (χ3v) is 3.09. The molecule has 0 heterocycles. The number of nitrogens with zero attached hydrogens (tertiary/aromatic N) is 1. The number of aldehydes is 1. The molecule has 22 heavy (non-hydrogen) atoms. The zero-order valence-corrected chi connectivity index (χ0v) is 12.4. The lowest BCUT2D eigenvalue weighted by atomic mass is 10.1. The molecular weight excluding hydrogens is 282 g/mol. The summed E-state index contributed by atoms with van der Waals surface area (Å²) >= 11 is 0. The van der Waals surface area contributed by atoms with E-state index in [1.165, 1.54) is 0 Å². The van der Waals surface area contributed by atoms with E-state index in [0.29, 0.717) is 32.1 Å². The van der Waals surface area contributed by atoms with Crippen LogP contribution >= 0.6 is 0 Å². The molecule has 1 aromatic rings. The van der Waals surface area contributed by atoms with Crippen molar-refractivity contribution >= 4 is 18.2 Å². The fraction of sp³-hybridized carbons (Fsp3) is 0.400. The molecule has 0 aliphatic carbocycles. The minimum absolute atomic E-state index is 0.0107. The zero-order chi connectivity index (χ0) is 16.4. The number of aliphatic imine (C=N–C) groups is 1. The van der Waals surface area contributed by atoms with E-state index in [0.717, 1.165) is 5.56 Å². The summed E-state index contributed by atoms with van der Waals surface area (Å²) in [5, 5.41) is 2.63. The third kappa shape index (κ3) is 6.85. The average molecular weight is 305 g/mol. The Labute approximate surface area is 130 Å². The molecule has 0 fully saturated rings. The fourth-order valence-electron chi connectivity index (χ4n) is 1.94. The van der Waals surface area contributed by atoms with Crippen LogP contribution < -0.4 is 22.5 Å². The highest BCUT2D eigenvalue weighted by Crippen LogP contribution is 2.03. The molecule has 0 radical (unpaired) electrons. The van der Waals surface area contributed by atoms with Crippen LogP contribution in [0.3, 0.4) is 0 Å². The summed E-state index contributed by atoms with van der Waals surface area (Å²) in [6, 6.07) is 8.20. The summed E-state index contributed by atoms with van der Waals surface area (Å²) in [5.74, 6) is -0.334. The topological polar surface area (TPSA) is 137 Å². The fourth-order valence-corrected chi connectivity index (χ4v) is 1.94. The second kappa shape index (κ2) is 9.51. The van der Waals surface area contributed by atoms with E-state index in [1.807, 2.05) is 30.3 Å². The van der Waals surface area contributed by atoms with E-state index in [4.69, 9.17) is 17.2 Å². The maximum Gasteiger partial charge on any atom is 0.237 e. The molecule has 1 aromatic carbocycles. The quantitative estimate of drug-likeness (QED) is 0.207. The lowest BCUT2D eigenvalue weighted by molar-refractivity contribution is -0.125. The molecule has 0 aliphatic rings. The number of amides is 1. The van der Waals surface area contributed by atoms with Crippen molar-refractivity contribution in [3.63, 3.8) is 0 Å². The largest absolute Gasteiger partial charge is 0.370 e. The van der Waals surface area contributed by atoms with Crippen LogP contribution in [-0.2, 0) is 16.0 Å². The maximum atomic E-state index is 12.0. The van der Waals surface area contributed by atoms with E-state index in [1.54, 1.807) is 0 Å². The van der Waals surface area contributed by atoms with Crippen LogP contribution in [0.1, 0.15) is 18.4 Å². The Bertz CT molecular complexity index is 500. The molecule has 0 aromatic heterocycles. The first-order valence-electron chi connectivity index (χ1n) is 7.13. The number of benzene rings is 1. The second-order valence-corrected chi connectivity index (χ2v) is 5.00. The summed E-state index contributed by atoms with van der Waals surface area (Å²) in [6.07, 6.45) is 2.18. The van der Waals surface area contributed by atoms with Crippen LogP contribution in [0.2, 0.25) is 0 Å². The van der Waals surface area contributed by atoms with Crippen molar-refractivity contribution in [1.82, 2.24) is 5.32 Å². The third-order valence-electron chi connectivity index (χ3n) is 3.09. The smallest absolute Gasteiger partial charge is 0.237 e. The highest BCUT2D eigenvalue weighted by Gasteiger charge is 2.17. The van der Waals surface area contributed by atoms with Gasteiger partial charge in [0.25, 0.3) is 0 Å².